The lowest BCUT2D eigenvalue weighted by molar-refractivity contribution is 1.18. The molecule has 0 aliphatic carbocycles. The summed E-state index contributed by atoms with van der Waals surface area (Å²) >= 11 is 0. The Labute approximate surface area is 169 Å². The van der Waals surface area contributed by atoms with Crippen LogP contribution in [-0.4, -0.2) is 15.0 Å². The fourth-order valence-electron chi connectivity index (χ4n) is 3.54. The van der Waals surface area contributed by atoms with Crippen LogP contribution in [0.25, 0.3) is 44.5 Å². The Morgan fingerprint density at radius 1 is 0.517 bits per heavy atom. The van der Waals surface area contributed by atoms with Crippen molar-refractivity contribution in [3.05, 3.63) is 103 Å². The number of hydrogen-bond acceptors (Lipinski definition) is 3. The van der Waals surface area contributed by atoms with Crippen molar-refractivity contribution < 1.29 is 0 Å². The normalized spacial score (nSPS) is 10.9. The smallest absolute Gasteiger partial charge is 0.159 e. The second-order valence-electron chi connectivity index (χ2n) is 7.15. The summed E-state index contributed by atoms with van der Waals surface area (Å²) in [5, 5.41) is 1.13. The molecule has 2 heterocycles. The summed E-state index contributed by atoms with van der Waals surface area (Å²) in [6.07, 6.45) is 5.38. The van der Waals surface area contributed by atoms with Crippen molar-refractivity contribution in [1.29, 1.82) is 0 Å². The van der Waals surface area contributed by atoms with Crippen LogP contribution in [0.2, 0.25) is 0 Å². The molecule has 3 aromatic carbocycles. The third-order valence-electron chi connectivity index (χ3n) is 5.08. The van der Waals surface area contributed by atoms with Gasteiger partial charge < -0.3 is 0 Å². The summed E-state index contributed by atoms with van der Waals surface area (Å²) in [7, 11) is 0. The molecule has 29 heavy (non-hydrogen) atoms. The number of aryl methyl sites for hydroxylation is 1. The lowest BCUT2D eigenvalue weighted by Crippen LogP contribution is -1.90. The summed E-state index contributed by atoms with van der Waals surface area (Å²) in [4.78, 5) is 13.4. The van der Waals surface area contributed by atoms with E-state index in [2.05, 4.69) is 88.6 Å². The summed E-state index contributed by atoms with van der Waals surface area (Å²) in [5.74, 6) is 0.727. The van der Waals surface area contributed by atoms with Gasteiger partial charge in [-0.2, -0.15) is 0 Å². The van der Waals surface area contributed by atoms with Gasteiger partial charge in [-0.05, 0) is 71.6 Å². The Balaban J connectivity index is 1.71. The maximum atomic E-state index is 4.46. The molecule has 0 unspecified atom stereocenters. The van der Waals surface area contributed by atoms with Crippen LogP contribution in [-0.2, 0) is 0 Å². The molecule has 0 bridgehead atoms. The standard InChI is InChI=1S/C26H19N3/c1-18-5-7-19(8-6-18)22-15-23(17-24(16-22)26-28-12-3-13-29-26)20-9-10-25-21(14-20)4-2-11-27-25/h2-17H,1H3. The molecule has 0 amide bonds. The summed E-state index contributed by atoms with van der Waals surface area (Å²) in [6.45, 7) is 2.10. The molecule has 3 heteroatoms. The summed E-state index contributed by atoms with van der Waals surface area (Å²) in [6, 6.07) is 27.4. The highest BCUT2D eigenvalue weighted by Crippen LogP contribution is 2.32. The third-order valence-corrected chi connectivity index (χ3v) is 5.08. The average molecular weight is 373 g/mol. The maximum Gasteiger partial charge on any atom is 0.159 e. The lowest BCUT2D eigenvalue weighted by atomic mass is 9.95. The van der Waals surface area contributed by atoms with Gasteiger partial charge in [0.15, 0.2) is 5.82 Å². The zero-order chi connectivity index (χ0) is 19.6. The zero-order valence-electron chi connectivity index (χ0n) is 16.1. The van der Waals surface area contributed by atoms with Gasteiger partial charge in [-0.15, -0.1) is 0 Å². The molecule has 0 aliphatic heterocycles. The fourth-order valence-corrected chi connectivity index (χ4v) is 3.54. The van der Waals surface area contributed by atoms with E-state index in [1.54, 1.807) is 12.4 Å². The van der Waals surface area contributed by atoms with Crippen LogP contribution in [0, 0.1) is 6.92 Å². The first-order chi connectivity index (χ1) is 14.3. The number of aromatic nitrogens is 3. The quantitative estimate of drug-likeness (QED) is 0.371. The fraction of sp³-hybridized carbons (Fsp3) is 0.0385. The van der Waals surface area contributed by atoms with Gasteiger partial charge in [0.05, 0.1) is 5.52 Å². The van der Waals surface area contributed by atoms with Crippen LogP contribution in [0.5, 0.6) is 0 Å². The molecular weight excluding hydrogens is 354 g/mol. The number of pyridine rings is 1. The predicted molar refractivity (Wildman–Crippen MR) is 118 cm³/mol. The molecule has 0 saturated carbocycles. The molecule has 138 valence electrons. The SMILES string of the molecule is Cc1ccc(-c2cc(-c3ccc4ncccc4c3)cc(-c3ncccn3)c2)cc1. The molecule has 0 aliphatic rings. The number of fused-ring (bicyclic) bond motifs is 1. The van der Waals surface area contributed by atoms with Crippen molar-refractivity contribution in [1.82, 2.24) is 15.0 Å². The first-order valence-corrected chi connectivity index (χ1v) is 9.61. The molecule has 0 fully saturated rings. The van der Waals surface area contributed by atoms with Crippen LogP contribution >= 0.6 is 0 Å². The van der Waals surface area contributed by atoms with E-state index in [0.717, 1.165) is 39.0 Å². The van der Waals surface area contributed by atoms with Gasteiger partial charge in [-0.3, -0.25) is 4.98 Å². The maximum absolute atomic E-state index is 4.46. The Hall–Kier alpha value is -3.85. The minimum Gasteiger partial charge on any atom is -0.256 e. The van der Waals surface area contributed by atoms with E-state index in [-0.39, 0.29) is 0 Å². The Morgan fingerprint density at radius 2 is 1.17 bits per heavy atom. The highest BCUT2D eigenvalue weighted by atomic mass is 14.8. The highest BCUT2D eigenvalue weighted by Gasteiger charge is 2.09. The van der Waals surface area contributed by atoms with Crippen molar-refractivity contribution >= 4 is 10.9 Å². The molecule has 3 nitrogen and oxygen atoms in total. The molecule has 0 atom stereocenters. The van der Waals surface area contributed by atoms with Gasteiger partial charge in [-0.25, -0.2) is 9.97 Å². The topological polar surface area (TPSA) is 38.7 Å². The average Bonchev–Trinajstić information content (AvgIpc) is 2.79. The van der Waals surface area contributed by atoms with Crippen molar-refractivity contribution in [3.8, 4) is 33.6 Å². The number of nitrogens with zero attached hydrogens (tertiary/aromatic N) is 3. The predicted octanol–water partition coefficient (Wildman–Crippen LogP) is 6.33. The molecule has 0 radical (unpaired) electrons. The monoisotopic (exact) mass is 373 g/mol. The van der Waals surface area contributed by atoms with Crippen molar-refractivity contribution in [2.75, 3.05) is 0 Å². The minimum atomic E-state index is 0.727. The molecule has 0 spiro atoms. The van der Waals surface area contributed by atoms with Crippen LogP contribution in [0.4, 0.5) is 0 Å². The largest absolute Gasteiger partial charge is 0.256 e. The number of rotatable bonds is 3. The van der Waals surface area contributed by atoms with Gasteiger partial charge >= 0.3 is 0 Å². The van der Waals surface area contributed by atoms with Crippen LogP contribution in [0.1, 0.15) is 5.56 Å². The first kappa shape index (κ1) is 17.3. The van der Waals surface area contributed by atoms with Gasteiger partial charge in [0.2, 0.25) is 0 Å². The molecule has 5 rings (SSSR count). The van der Waals surface area contributed by atoms with Crippen LogP contribution in [0.15, 0.2) is 97.5 Å². The van der Waals surface area contributed by atoms with E-state index in [4.69, 9.17) is 0 Å². The molecule has 5 aromatic rings. The molecule has 2 aromatic heterocycles. The summed E-state index contributed by atoms with van der Waals surface area (Å²) in [5.41, 5.74) is 7.86. The second kappa shape index (κ2) is 7.28. The molecule has 0 saturated heterocycles. The van der Waals surface area contributed by atoms with Crippen molar-refractivity contribution in [3.63, 3.8) is 0 Å². The van der Waals surface area contributed by atoms with Gasteiger partial charge in [0.1, 0.15) is 0 Å². The number of hydrogen-bond donors (Lipinski definition) is 0. The van der Waals surface area contributed by atoms with E-state index >= 15 is 0 Å². The van der Waals surface area contributed by atoms with Gasteiger partial charge in [0, 0.05) is 29.5 Å². The summed E-state index contributed by atoms with van der Waals surface area (Å²) < 4.78 is 0. The Kier molecular flexibility index (Phi) is 4.34. The van der Waals surface area contributed by atoms with Crippen molar-refractivity contribution in [2.45, 2.75) is 6.92 Å². The Morgan fingerprint density at radius 3 is 1.97 bits per heavy atom. The van der Waals surface area contributed by atoms with Gasteiger partial charge in [0.25, 0.3) is 0 Å². The van der Waals surface area contributed by atoms with Crippen molar-refractivity contribution in [2.24, 2.45) is 0 Å². The van der Waals surface area contributed by atoms with E-state index < -0.39 is 0 Å². The first-order valence-electron chi connectivity index (χ1n) is 9.61. The Bertz CT molecular complexity index is 1290. The lowest BCUT2D eigenvalue weighted by Gasteiger charge is -2.11. The zero-order valence-corrected chi connectivity index (χ0v) is 16.1. The highest BCUT2D eigenvalue weighted by molar-refractivity contribution is 5.86. The second-order valence-corrected chi connectivity index (χ2v) is 7.15. The molecule has 0 N–H and O–H groups in total. The van der Waals surface area contributed by atoms with E-state index in [1.807, 2.05) is 18.3 Å². The van der Waals surface area contributed by atoms with E-state index in [0.29, 0.717) is 0 Å². The van der Waals surface area contributed by atoms with Gasteiger partial charge in [-0.1, -0.05) is 42.0 Å². The minimum absolute atomic E-state index is 0.727. The van der Waals surface area contributed by atoms with Crippen LogP contribution < -0.4 is 0 Å². The van der Waals surface area contributed by atoms with E-state index in [9.17, 15) is 0 Å². The third kappa shape index (κ3) is 3.50. The number of benzene rings is 3. The van der Waals surface area contributed by atoms with E-state index in [1.165, 1.54) is 11.1 Å². The molecular formula is C26H19N3. The van der Waals surface area contributed by atoms with Crippen LogP contribution in [0.3, 0.4) is 0 Å².